The van der Waals surface area contributed by atoms with Crippen LogP contribution in [0, 0.1) is 11.3 Å². The van der Waals surface area contributed by atoms with Gasteiger partial charge in [-0.1, -0.05) is 66.7 Å². The Morgan fingerprint density at radius 1 is 1.00 bits per heavy atom. The fraction of sp³-hybridized carbons (Fsp3) is 0.0909. The fourth-order valence-corrected chi connectivity index (χ4v) is 2.71. The minimum Gasteiger partial charge on any atom is -0.345 e. The zero-order valence-electron chi connectivity index (χ0n) is 13.9. The molecule has 0 fully saturated rings. The second-order valence-electron chi connectivity index (χ2n) is 5.88. The van der Waals surface area contributed by atoms with Crippen molar-refractivity contribution in [3.8, 4) is 6.07 Å². The van der Waals surface area contributed by atoms with Crippen LogP contribution in [-0.4, -0.2) is 5.91 Å². The van der Waals surface area contributed by atoms with Crippen LogP contribution in [0.2, 0.25) is 0 Å². The molecule has 0 unspecified atom stereocenters. The summed E-state index contributed by atoms with van der Waals surface area (Å²) in [5, 5.41) is 14.5. The Labute approximate surface area is 147 Å². The average molecular weight is 326 g/mol. The normalized spacial score (nSPS) is 12.4. The number of nitriles is 1. The van der Waals surface area contributed by atoms with E-state index >= 15 is 0 Å². The molecule has 1 amide bonds. The van der Waals surface area contributed by atoms with E-state index in [1.54, 1.807) is 6.08 Å². The summed E-state index contributed by atoms with van der Waals surface area (Å²) in [6.45, 7) is 1.90. The second-order valence-corrected chi connectivity index (χ2v) is 5.88. The number of nitrogens with one attached hydrogen (secondary N) is 1. The van der Waals surface area contributed by atoms with E-state index < -0.39 is 0 Å². The number of hydrogen-bond donors (Lipinski definition) is 1. The third kappa shape index (κ3) is 3.94. The first-order valence-corrected chi connectivity index (χ1v) is 8.14. The van der Waals surface area contributed by atoms with Crippen molar-refractivity contribution in [2.75, 3.05) is 0 Å². The fourth-order valence-electron chi connectivity index (χ4n) is 2.71. The van der Waals surface area contributed by atoms with Crippen LogP contribution < -0.4 is 5.32 Å². The van der Waals surface area contributed by atoms with Gasteiger partial charge in [0.25, 0.3) is 5.91 Å². The number of carbonyl (C=O) groups is 1. The number of benzene rings is 3. The van der Waals surface area contributed by atoms with Crippen molar-refractivity contribution < 1.29 is 4.79 Å². The van der Waals surface area contributed by atoms with Crippen LogP contribution in [0.1, 0.15) is 24.1 Å². The second kappa shape index (κ2) is 7.46. The van der Waals surface area contributed by atoms with Gasteiger partial charge in [-0.15, -0.1) is 0 Å². The molecule has 0 saturated carbocycles. The molecule has 0 heterocycles. The molecule has 0 aromatic heterocycles. The SMILES string of the molecule is C[C@H](NC(=O)/C(C#N)=C/c1ccc2ccccc2c1)c1ccccc1. The molecular weight excluding hydrogens is 308 g/mol. The highest BCUT2D eigenvalue weighted by Gasteiger charge is 2.13. The summed E-state index contributed by atoms with van der Waals surface area (Å²) in [6.07, 6.45) is 1.62. The summed E-state index contributed by atoms with van der Waals surface area (Å²) >= 11 is 0. The molecule has 3 nitrogen and oxygen atoms in total. The van der Waals surface area contributed by atoms with Crippen molar-refractivity contribution in [1.29, 1.82) is 5.26 Å². The highest BCUT2D eigenvalue weighted by molar-refractivity contribution is 6.02. The molecule has 0 bridgehead atoms. The molecule has 3 aromatic carbocycles. The lowest BCUT2D eigenvalue weighted by Crippen LogP contribution is -2.27. The molecule has 0 aliphatic heterocycles. The molecule has 3 rings (SSSR count). The average Bonchev–Trinajstić information content (AvgIpc) is 2.66. The number of fused-ring (bicyclic) bond motifs is 1. The van der Waals surface area contributed by atoms with Crippen LogP contribution in [0.15, 0.2) is 78.4 Å². The number of amides is 1. The Balaban J connectivity index is 1.81. The van der Waals surface area contributed by atoms with Crippen molar-refractivity contribution in [3.63, 3.8) is 0 Å². The van der Waals surface area contributed by atoms with E-state index in [9.17, 15) is 10.1 Å². The Morgan fingerprint density at radius 3 is 2.40 bits per heavy atom. The topological polar surface area (TPSA) is 52.9 Å². The van der Waals surface area contributed by atoms with Gasteiger partial charge in [0.05, 0.1) is 6.04 Å². The smallest absolute Gasteiger partial charge is 0.262 e. The monoisotopic (exact) mass is 326 g/mol. The van der Waals surface area contributed by atoms with Gasteiger partial charge < -0.3 is 5.32 Å². The van der Waals surface area contributed by atoms with Crippen molar-refractivity contribution >= 4 is 22.8 Å². The van der Waals surface area contributed by atoms with Crippen LogP contribution >= 0.6 is 0 Å². The number of carbonyl (C=O) groups excluding carboxylic acids is 1. The van der Waals surface area contributed by atoms with Crippen LogP contribution in [0.5, 0.6) is 0 Å². The van der Waals surface area contributed by atoms with Crippen LogP contribution in [0.4, 0.5) is 0 Å². The van der Waals surface area contributed by atoms with Gasteiger partial charge in [0.2, 0.25) is 0 Å². The summed E-state index contributed by atoms with van der Waals surface area (Å²) in [4.78, 5) is 12.4. The Kier molecular flexibility index (Phi) is 4.92. The first kappa shape index (κ1) is 16.5. The predicted octanol–water partition coefficient (Wildman–Crippen LogP) is 4.62. The van der Waals surface area contributed by atoms with Gasteiger partial charge in [-0.3, -0.25) is 4.79 Å². The van der Waals surface area contributed by atoms with Crippen LogP contribution in [0.25, 0.3) is 16.8 Å². The van der Waals surface area contributed by atoms with Crippen molar-refractivity contribution in [1.82, 2.24) is 5.32 Å². The van der Waals surface area contributed by atoms with Gasteiger partial charge in [0.15, 0.2) is 0 Å². The summed E-state index contributed by atoms with van der Waals surface area (Å²) in [5.74, 6) is -0.369. The van der Waals surface area contributed by atoms with Gasteiger partial charge in [0.1, 0.15) is 11.6 Å². The van der Waals surface area contributed by atoms with E-state index in [1.165, 1.54) is 0 Å². The molecule has 0 spiro atoms. The maximum Gasteiger partial charge on any atom is 0.262 e. The standard InChI is InChI=1S/C22H18N2O/c1-16(18-7-3-2-4-8-18)24-22(25)21(15-23)14-17-11-12-19-9-5-6-10-20(19)13-17/h2-14,16H,1H3,(H,24,25)/b21-14+/t16-/m0/s1. The highest BCUT2D eigenvalue weighted by Crippen LogP contribution is 2.18. The molecular formula is C22H18N2O. The van der Waals surface area contributed by atoms with Crippen molar-refractivity contribution in [3.05, 3.63) is 89.5 Å². The molecule has 122 valence electrons. The third-order valence-electron chi connectivity index (χ3n) is 4.10. The Morgan fingerprint density at radius 2 is 1.68 bits per heavy atom. The largest absolute Gasteiger partial charge is 0.345 e. The summed E-state index contributed by atoms with van der Waals surface area (Å²) in [7, 11) is 0. The van der Waals surface area contributed by atoms with Crippen LogP contribution in [0.3, 0.4) is 0 Å². The van der Waals surface area contributed by atoms with Gasteiger partial charge in [0, 0.05) is 0 Å². The first-order chi connectivity index (χ1) is 12.2. The lowest BCUT2D eigenvalue weighted by Gasteiger charge is -2.13. The van der Waals surface area contributed by atoms with Gasteiger partial charge in [-0.05, 0) is 41.0 Å². The molecule has 1 atom stereocenters. The minimum atomic E-state index is -0.369. The maximum absolute atomic E-state index is 12.4. The van der Waals surface area contributed by atoms with E-state index in [-0.39, 0.29) is 17.5 Å². The van der Waals surface area contributed by atoms with E-state index in [0.29, 0.717) is 0 Å². The Bertz CT molecular complexity index is 968. The molecule has 0 aliphatic rings. The van der Waals surface area contributed by atoms with Gasteiger partial charge >= 0.3 is 0 Å². The van der Waals surface area contributed by atoms with Crippen molar-refractivity contribution in [2.24, 2.45) is 0 Å². The zero-order chi connectivity index (χ0) is 17.6. The molecule has 25 heavy (non-hydrogen) atoms. The summed E-state index contributed by atoms with van der Waals surface area (Å²) in [5.41, 5.74) is 1.93. The molecule has 0 radical (unpaired) electrons. The van der Waals surface area contributed by atoms with Gasteiger partial charge in [-0.2, -0.15) is 5.26 Å². The van der Waals surface area contributed by atoms with Crippen LogP contribution in [-0.2, 0) is 4.79 Å². The lowest BCUT2D eigenvalue weighted by molar-refractivity contribution is -0.117. The Hall–Kier alpha value is -3.38. The van der Waals surface area contributed by atoms with E-state index in [1.807, 2.05) is 85.8 Å². The number of rotatable bonds is 4. The summed E-state index contributed by atoms with van der Waals surface area (Å²) < 4.78 is 0. The maximum atomic E-state index is 12.4. The summed E-state index contributed by atoms with van der Waals surface area (Å²) in [6, 6.07) is 25.4. The van der Waals surface area contributed by atoms with E-state index in [0.717, 1.165) is 21.9 Å². The van der Waals surface area contributed by atoms with Gasteiger partial charge in [-0.25, -0.2) is 0 Å². The predicted molar refractivity (Wildman–Crippen MR) is 101 cm³/mol. The van der Waals surface area contributed by atoms with E-state index in [4.69, 9.17) is 0 Å². The zero-order valence-corrected chi connectivity index (χ0v) is 13.9. The molecule has 3 aromatic rings. The molecule has 0 saturated heterocycles. The molecule has 0 aliphatic carbocycles. The van der Waals surface area contributed by atoms with Crippen molar-refractivity contribution in [2.45, 2.75) is 13.0 Å². The minimum absolute atomic E-state index is 0.0954. The third-order valence-corrected chi connectivity index (χ3v) is 4.10. The highest BCUT2D eigenvalue weighted by atomic mass is 16.1. The lowest BCUT2D eigenvalue weighted by atomic mass is 10.0. The first-order valence-electron chi connectivity index (χ1n) is 8.14. The van der Waals surface area contributed by atoms with E-state index in [2.05, 4.69) is 5.32 Å². The molecule has 1 N–H and O–H groups in total. The quantitative estimate of drug-likeness (QED) is 0.561. The molecule has 3 heteroatoms. The number of hydrogen-bond acceptors (Lipinski definition) is 2. The number of nitrogens with zero attached hydrogens (tertiary/aromatic N) is 1.